The van der Waals surface area contributed by atoms with Crippen LogP contribution in [0.5, 0.6) is 0 Å². The van der Waals surface area contributed by atoms with E-state index in [2.05, 4.69) is 77.2 Å². The summed E-state index contributed by atoms with van der Waals surface area (Å²) in [5, 5.41) is 0. The molecule has 3 aromatic rings. The van der Waals surface area contributed by atoms with Crippen LogP contribution in [0.4, 0.5) is 5.69 Å². The Morgan fingerprint density at radius 2 is 1.93 bits per heavy atom. The van der Waals surface area contributed by atoms with Crippen molar-refractivity contribution in [1.82, 2.24) is 4.57 Å². The van der Waals surface area contributed by atoms with Crippen molar-refractivity contribution >= 4 is 40.5 Å². The molecule has 0 saturated heterocycles. The summed E-state index contributed by atoms with van der Waals surface area (Å²) in [4.78, 5) is 16.5. The maximum atomic E-state index is 11.9. The van der Waals surface area contributed by atoms with Crippen molar-refractivity contribution in [2.75, 3.05) is 6.61 Å². The molecule has 0 aliphatic rings. The zero-order valence-electron chi connectivity index (χ0n) is 16.5. The van der Waals surface area contributed by atoms with E-state index in [0.717, 1.165) is 28.3 Å². The second kappa shape index (κ2) is 8.73. The van der Waals surface area contributed by atoms with Crippen LogP contribution in [0.2, 0.25) is 0 Å². The largest absolute Gasteiger partial charge is 0.462 e. The van der Waals surface area contributed by atoms with Gasteiger partial charge in [-0.1, -0.05) is 6.07 Å². The maximum Gasteiger partial charge on any atom is 0.338 e. The summed E-state index contributed by atoms with van der Waals surface area (Å²) in [6, 6.07) is 15.8. The number of esters is 1. The summed E-state index contributed by atoms with van der Waals surface area (Å²) in [7, 11) is 0. The second-order valence-corrected chi connectivity index (χ2v) is 7.79. The Hall–Kier alpha value is -2.41. The first-order valence-corrected chi connectivity index (χ1v) is 10.2. The van der Waals surface area contributed by atoms with E-state index < -0.39 is 0 Å². The first-order chi connectivity index (χ1) is 13.4. The fraction of sp³-hybridized carbons (Fsp3) is 0.217. The summed E-state index contributed by atoms with van der Waals surface area (Å²) < 4.78 is 8.55. The molecule has 0 saturated carbocycles. The van der Waals surface area contributed by atoms with E-state index in [9.17, 15) is 4.79 Å². The Kier molecular flexibility index (Phi) is 6.34. The molecule has 4 nitrogen and oxygen atoms in total. The third-order valence-corrected chi connectivity index (χ3v) is 5.79. The fourth-order valence-corrected chi connectivity index (χ4v) is 3.49. The average molecular weight is 486 g/mol. The van der Waals surface area contributed by atoms with Crippen molar-refractivity contribution in [3.63, 3.8) is 0 Å². The van der Waals surface area contributed by atoms with Crippen LogP contribution in [0.3, 0.4) is 0 Å². The Balaban J connectivity index is 1.91. The number of halogens is 1. The molecular formula is C23H23IN2O2. The minimum Gasteiger partial charge on any atom is -0.462 e. The molecule has 1 heterocycles. The smallest absolute Gasteiger partial charge is 0.338 e. The van der Waals surface area contributed by atoms with Gasteiger partial charge in [0.1, 0.15) is 0 Å². The van der Waals surface area contributed by atoms with Gasteiger partial charge in [-0.05, 0) is 98.3 Å². The topological polar surface area (TPSA) is 43.6 Å². The van der Waals surface area contributed by atoms with Gasteiger partial charge in [0, 0.05) is 32.4 Å². The number of carbonyl (C=O) groups excluding carboxylic acids is 1. The predicted octanol–water partition coefficient (Wildman–Crippen LogP) is 5.93. The molecule has 0 aliphatic heterocycles. The zero-order chi connectivity index (χ0) is 20.3. The van der Waals surface area contributed by atoms with Crippen LogP contribution in [-0.2, 0) is 4.74 Å². The Morgan fingerprint density at radius 1 is 1.14 bits per heavy atom. The molecule has 0 atom stereocenters. The number of hydrogen-bond donors (Lipinski definition) is 0. The van der Waals surface area contributed by atoms with E-state index in [0.29, 0.717) is 12.2 Å². The van der Waals surface area contributed by atoms with Crippen molar-refractivity contribution in [2.45, 2.75) is 27.7 Å². The number of aryl methyl sites for hydroxylation is 2. The molecule has 5 heteroatoms. The summed E-state index contributed by atoms with van der Waals surface area (Å²) >= 11 is 2.35. The summed E-state index contributed by atoms with van der Waals surface area (Å²) in [5.41, 5.74) is 6.98. The van der Waals surface area contributed by atoms with Gasteiger partial charge in [-0.25, -0.2) is 4.79 Å². The van der Waals surface area contributed by atoms with E-state index in [1.54, 1.807) is 19.1 Å². The lowest BCUT2D eigenvalue weighted by atomic mass is 10.2. The lowest BCUT2D eigenvalue weighted by Crippen LogP contribution is -2.03. The number of nitrogens with zero attached hydrogens (tertiary/aromatic N) is 2. The third kappa shape index (κ3) is 4.35. The molecule has 0 bridgehead atoms. The Labute approximate surface area is 179 Å². The summed E-state index contributed by atoms with van der Waals surface area (Å²) in [6.45, 7) is 8.47. The molecular weight excluding hydrogens is 463 g/mol. The lowest BCUT2D eigenvalue weighted by molar-refractivity contribution is 0.0526. The molecule has 0 unspecified atom stereocenters. The molecule has 3 rings (SSSR count). The number of ether oxygens (including phenoxy) is 1. The van der Waals surface area contributed by atoms with Crippen molar-refractivity contribution in [2.24, 2.45) is 4.99 Å². The van der Waals surface area contributed by atoms with Gasteiger partial charge in [-0.2, -0.15) is 0 Å². The number of carbonyl (C=O) groups is 1. The van der Waals surface area contributed by atoms with Crippen molar-refractivity contribution < 1.29 is 9.53 Å². The van der Waals surface area contributed by atoms with Gasteiger partial charge < -0.3 is 9.30 Å². The molecule has 0 fully saturated rings. The van der Waals surface area contributed by atoms with E-state index in [4.69, 9.17) is 4.74 Å². The molecule has 0 aliphatic carbocycles. The van der Waals surface area contributed by atoms with Crippen LogP contribution < -0.4 is 0 Å². The van der Waals surface area contributed by atoms with Gasteiger partial charge in [0.15, 0.2) is 0 Å². The highest BCUT2D eigenvalue weighted by Gasteiger charge is 2.11. The number of aliphatic imine (C=N–C) groups is 1. The summed E-state index contributed by atoms with van der Waals surface area (Å²) in [6.07, 6.45) is 1.85. The van der Waals surface area contributed by atoms with Crippen molar-refractivity contribution in [3.05, 3.63) is 80.2 Å². The van der Waals surface area contributed by atoms with Gasteiger partial charge in [-0.15, -0.1) is 0 Å². The van der Waals surface area contributed by atoms with Crippen LogP contribution in [0.1, 0.15) is 39.8 Å². The number of rotatable bonds is 5. The molecule has 0 amide bonds. The molecule has 1 aromatic heterocycles. The summed E-state index contributed by atoms with van der Waals surface area (Å²) in [5.74, 6) is -0.327. The normalized spacial score (nSPS) is 11.2. The van der Waals surface area contributed by atoms with Gasteiger partial charge in [0.2, 0.25) is 0 Å². The van der Waals surface area contributed by atoms with E-state index in [1.807, 2.05) is 18.3 Å². The quantitative estimate of drug-likeness (QED) is 0.255. The highest BCUT2D eigenvalue weighted by molar-refractivity contribution is 14.1. The molecule has 144 valence electrons. The van der Waals surface area contributed by atoms with Crippen LogP contribution in [0.15, 0.2) is 53.5 Å². The fourth-order valence-electron chi connectivity index (χ4n) is 3.16. The number of hydrogen-bond acceptors (Lipinski definition) is 3. The van der Waals surface area contributed by atoms with Crippen LogP contribution >= 0.6 is 22.6 Å². The molecule has 0 spiro atoms. The van der Waals surface area contributed by atoms with Crippen LogP contribution in [0.25, 0.3) is 5.69 Å². The second-order valence-electron chi connectivity index (χ2n) is 6.62. The van der Waals surface area contributed by atoms with Crippen LogP contribution in [0, 0.1) is 24.3 Å². The van der Waals surface area contributed by atoms with E-state index >= 15 is 0 Å². The Bertz CT molecular complexity index is 1050. The van der Waals surface area contributed by atoms with Gasteiger partial charge >= 0.3 is 5.97 Å². The highest BCUT2D eigenvalue weighted by atomic mass is 127. The van der Waals surface area contributed by atoms with E-state index in [1.165, 1.54) is 9.13 Å². The third-order valence-electron chi connectivity index (χ3n) is 4.58. The van der Waals surface area contributed by atoms with Crippen molar-refractivity contribution in [3.8, 4) is 5.69 Å². The Morgan fingerprint density at radius 3 is 2.64 bits per heavy atom. The lowest BCUT2D eigenvalue weighted by Gasteiger charge is -2.11. The highest BCUT2D eigenvalue weighted by Crippen LogP contribution is 2.23. The molecule has 2 aromatic carbocycles. The van der Waals surface area contributed by atoms with Crippen molar-refractivity contribution in [1.29, 1.82) is 0 Å². The van der Waals surface area contributed by atoms with Crippen LogP contribution in [-0.4, -0.2) is 23.4 Å². The standard InChI is InChI=1S/C23H23IN2O2/c1-5-28-23(27)18-7-6-8-20(13-18)25-14-19-12-16(3)26(17(19)4)21-9-10-22(24)15(2)11-21/h6-14H,5H2,1-4H3. The van der Waals surface area contributed by atoms with Gasteiger partial charge in [-0.3, -0.25) is 4.99 Å². The SMILES string of the molecule is CCOC(=O)c1cccc(N=Cc2cc(C)n(-c3ccc(I)c(C)c3)c2C)c1. The maximum absolute atomic E-state index is 11.9. The molecule has 0 N–H and O–H groups in total. The monoisotopic (exact) mass is 486 g/mol. The molecule has 0 radical (unpaired) electrons. The first-order valence-electron chi connectivity index (χ1n) is 9.17. The minimum atomic E-state index is -0.327. The predicted molar refractivity (Wildman–Crippen MR) is 122 cm³/mol. The minimum absolute atomic E-state index is 0.327. The first kappa shape index (κ1) is 20.3. The van der Waals surface area contributed by atoms with E-state index in [-0.39, 0.29) is 5.97 Å². The zero-order valence-corrected chi connectivity index (χ0v) is 18.6. The molecule has 28 heavy (non-hydrogen) atoms. The number of benzene rings is 2. The van der Waals surface area contributed by atoms with Gasteiger partial charge in [0.25, 0.3) is 0 Å². The number of aromatic nitrogens is 1. The average Bonchev–Trinajstić information content (AvgIpc) is 2.96. The van der Waals surface area contributed by atoms with Gasteiger partial charge in [0.05, 0.1) is 17.9 Å².